The van der Waals surface area contributed by atoms with E-state index in [4.69, 9.17) is 0 Å². The first-order chi connectivity index (χ1) is 8.20. The Balaban J connectivity index is 1.84. The molecule has 1 unspecified atom stereocenters. The molecule has 0 fully saturated rings. The molecule has 0 bridgehead atoms. The second-order valence-corrected chi connectivity index (χ2v) is 5.66. The van der Waals surface area contributed by atoms with Crippen molar-refractivity contribution in [1.82, 2.24) is 20.1 Å². The zero-order chi connectivity index (χ0) is 12.3. The molecular weight excluding hydrogens is 234 g/mol. The van der Waals surface area contributed by atoms with Crippen LogP contribution < -0.4 is 5.32 Å². The van der Waals surface area contributed by atoms with Crippen LogP contribution in [0.5, 0.6) is 0 Å². The van der Waals surface area contributed by atoms with Gasteiger partial charge in [-0.3, -0.25) is 4.99 Å². The minimum atomic E-state index is 0.613. The third kappa shape index (κ3) is 3.00. The monoisotopic (exact) mass is 253 g/mol. The summed E-state index contributed by atoms with van der Waals surface area (Å²) in [5, 5.41) is 13.0. The summed E-state index contributed by atoms with van der Waals surface area (Å²) in [5.41, 5.74) is 0. The van der Waals surface area contributed by atoms with Gasteiger partial charge in [-0.05, 0) is 12.8 Å². The van der Waals surface area contributed by atoms with Crippen molar-refractivity contribution < 1.29 is 0 Å². The minimum Gasteiger partial charge on any atom is -0.358 e. The van der Waals surface area contributed by atoms with E-state index in [9.17, 15) is 0 Å². The molecule has 1 aromatic heterocycles. The standard InChI is InChI=1S/C11H19N5S/c1-4-16-7-14-15-10(16)6-13-11-12-5-9(17-11)8(2)3/h7-9H,4-6H2,1-3H3,(H,12,13). The topological polar surface area (TPSA) is 55.1 Å². The van der Waals surface area contributed by atoms with Crippen LogP contribution in [0.1, 0.15) is 26.6 Å². The van der Waals surface area contributed by atoms with Crippen LogP contribution in [0.2, 0.25) is 0 Å². The summed E-state index contributed by atoms with van der Waals surface area (Å²) >= 11 is 1.84. The Hall–Kier alpha value is -1.04. The molecule has 17 heavy (non-hydrogen) atoms. The van der Waals surface area contributed by atoms with Crippen molar-refractivity contribution in [3.05, 3.63) is 12.2 Å². The average Bonchev–Trinajstić information content (AvgIpc) is 2.95. The summed E-state index contributed by atoms with van der Waals surface area (Å²) < 4.78 is 2.03. The summed E-state index contributed by atoms with van der Waals surface area (Å²) in [6.45, 7) is 9.09. The summed E-state index contributed by atoms with van der Waals surface area (Å²) in [4.78, 5) is 4.50. The van der Waals surface area contributed by atoms with Gasteiger partial charge in [-0.15, -0.1) is 10.2 Å². The molecule has 1 N–H and O–H groups in total. The number of rotatable bonds is 4. The molecule has 0 saturated carbocycles. The number of thioether (sulfide) groups is 1. The van der Waals surface area contributed by atoms with E-state index < -0.39 is 0 Å². The van der Waals surface area contributed by atoms with Gasteiger partial charge in [0.2, 0.25) is 0 Å². The van der Waals surface area contributed by atoms with E-state index in [0.717, 1.165) is 24.1 Å². The van der Waals surface area contributed by atoms with Gasteiger partial charge in [-0.25, -0.2) is 0 Å². The highest BCUT2D eigenvalue weighted by molar-refractivity contribution is 8.14. The molecule has 0 radical (unpaired) electrons. The molecule has 0 aliphatic carbocycles. The number of amidine groups is 1. The molecule has 1 atom stereocenters. The second kappa shape index (κ2) is 5.53. The lowest BCUT2D eigenvalue weighted by Gasteiger charge is -2.12. The maximum absolute atomic E-state index is 4.50. The molecule has 5 nitrogen and oxygen atoms in total. The van der Waals surface area contributed by atoms with Crippen LogP contribution in [0.15, 0.2) is 11.3 Å². The van der Waals surface area contributed by atoms with E-state index in [-0.39, 0.29) is 0 Å². The van der Waals surface area contributed by atoms with E-state index in [1.54, 1.807) is 6.33 Å². The Morgan fingerprint density at radius 1 is 1.59 bits per heavy atom. The van der Waals surface area contributed by atoms with Crippen molar-refractivity contribution in [2.45, 2.75) is 39.1 Å². The van der Waals surface area contributed by atoms with Gasteiger partial charge in [0.15, 0.2) is 11.0 Å². The van der Waals surface area contributed by atoms with Crippen molar-refractivity contribution >= 4 is 16.9 Å². The van der Waals surface area contributed by atoms with Crippen molar-refractivity contribution in [2.24, 2.45) is 10.9 Å². The van der Waals surface area contributed by atoms with Crippen LogP contribution in [-0.2, 0) is 13.1 Å². The van der Waals surface area contributed by atoms with Gasteiger partial charge in [0.05, 0.1) is 13.1 Å². The molecule has 2 heterocycles. The first-order valence-electron chi connectivity index (χ1n) is 6.02. The van der Waals surface area contributed by atoms with Crippen molar-refractivity contribution in [3.8, 4) is 0 Å². The fourth-order valence-electron chi connectivity index (χ4n) is 1.67. The fraction of sp³-hybridized carbons (Fsp3) is 0.727. The number of aromatic nitrogens is 3. The quantitative estimate of drug-likeness (QED) is 0.884. The van der Waals surface area contributed by atoms with Crippen molar-refractivity contribution in [1.29, 1.82) is 0 Å². The van der Waals surface area contributed by atoms with Gasteiger partial charge in [-0.2, -0.15) is 0 Å². The van der Waals surface area contributed by atoms with E-state index in [0.29, 0.717) is 17.7 Å². The minimum absolute atomic E-state index is 0.613. The van der Waals surface area contributed by atoms with Crippen LogP contribution in [0.4, 0.5) is 0 Å². The van der Waals surface area contributed by atoms with Crippen LogP contribution in [0, 0.1) is 5.92 Å². The third-order valence-corrected chi connectivity index (χ3v) is 4.35. The average molecular weight is 253 g/mol. The highest BCUT2D eigenvalue weighted by atomic mass is 32.2. The predicted molar refractivity (Wildman–Crippen MR) is 71.1 cm³/mol. The Kier molecular flexibility index (Phi) is 4.04. The van der Waals surface area contributed by atoms with Gasteiger partial charge in [0.1, 0.15) is 6.33 Å². The highest BCUT2D eigenvalue weighted by Gasteiger charge is 2.22. The fourth-order valence-corrected chi connectivity index (χ4v) is 2.68. The summed E-state index contributed by atoms with van der Waals surface area (Å²) in [6.07, 6.45) is 1.76. The number of hydrogen-bond donors (Lipinski definition) is 1. The van der Waals surface area contributed by atoms with E-state index in [1.165, 1.54) is 0 Å². The Labute approximate surface area is 106 Å². The first-order valence-corrected chi connectivity index (χ1v) is 6.90. The number of nitrogens with one attached hydrogen (secondary N) is 1. The van der Waals surface area contributed by atoms with Crippen LogP contribution >= 0.6 is 11.8 Å². The maximum Gasteiger partial charge on any atom is 0.157 e. The van der Waals surface area contributed by atoms with Crippen LogP contribution in [-0.4, -0.2) is 31.7 Å². The molecule has 2 rings (SSSR count). The molecular formula is C11H19N5S. The zero-order valence-electron chi connectivity index (χ0n) is 10.6. The summed E-state index contributed by atoms with van der Waals surface area (Å²) in [6, 6.07) is 0. The molecule has 0 saturated heterocycles. The Morgan fingerprint density at radius 3 is 3.06 bits per heavy atom. The molecule has 1 aromatic rings. The van der Waals surface area contributed by atoms with Crippen molar-refractivity contribution in [3.63, 3.8) is 0 Å². The van der Waals surface area contributed by atoms with E-state index in [2.05, 4.69) is 41.3 Å². The lowest BCUT2D eigenvalue weighted by atomic mass is 10.1. The molecule has 6 heteroatoms. The molecule has 1 aliphatic rings. The van der Waals surface area contributed by atoms with Gasteiger partial charge >= 0.3 is 0 Å². The van der Waals surface area contributed by atoms with Gasteiger partial charge in [0.25, 0.3) is 0 Å². The summed E-state index contributed by atoms with van der Waals surface area (Å²) in [7, 11) is 0. The van der Waals surface area contributed by atoms with Crippen LogP contribution in [0.3, 0.4) is 0 Å². The Bertz CT molecular complexity index is 398. The van der Waals surface area contributed by atoms with E-state index >= 15 is 0 Å². The van der Waals surface area contributed by atoms with Gasteiger partial charge in [0, 0.05) is 11.8 Å². The van der Waals surface area contributed by atoms with Gasteiger partial charge in [-0.1, -0.05) is 25.6 Å². The SMILES string of the molecule is CCn1cnnc1CNC1=NCC(C(C)C)S1. The Morgan fingerprint density at radius 2 is 2.41 bits per heavy atom. The normalized spacial score (nSPS) is 19.8. The highest BCUT2D eigenvalue weighted by Crippen LogP contribution is 2.25. The maximum atomic E-state index is 4.50. The number of hydrogen-bond acceptors (Lipinski definition) is 5. The molecule has 0 aromatic carbocycles. The van der Waals surface area contributed by atoms with E-state index in [1.807, 2.05) is 16.3 Å². The van der Waals surface area contributed by atoms with Crippen molar-refractivity contribution in [2.75, 3.05) is 6.54 Å². The smallest absolute Gasteiger partial charge is 0.157 e. The second-order valence-electron chi connectivity index (χ2n) is 4.43. The number of aliphatic imine (C=N–C) groups is 1. The number of nitrogens with zero attached hydrogens (tertiary/aromatic N) is 4. The predicted octanol–water partition coefficient (Wildman–Crippen LogP) is 1.51. The molecule has 0 amide bonds. The number of aryl methyl sites for hydroxylation is 1. The van der Waals surface area contributed by atoms with Gasteiger partial charge < -0.3 is 9.88 Å². The lowest BCUT2D eigenvalue weighted by molar-refractivity contribution is 0.621. The molecule has 1 aliphatic heterocycles. The third-order valence-electron chi connectivity index (χ3n) is 2.86. The zero-order valence-corrected chi connectivity index (χ0v) is 11.4. The summed E-state index contributed by atoms with van der Waals surface area (Å²) in [5.74, 6) is 1.63. The van der Waals surface area contributed by atoms with Crippen LogP contribution in [0.25, 0.3) is 0 Å². The molecule has 0 spiro atoms. The largest absolute Gasteiger partial charge is 0.358 e. The first kappa shape index (κ1) is 12.4. The molecule has 94 valence electrons. The lowest BCUT2D eigenvalue weighted by Crippen LogP contribution is -2.22.